The number of carboxylic acid groups (broad SMARTS) is 1. The fourth-order valence-electron chi connectivity index (χ4n) is 2.46. The Bertz CT molecular complexity index is 326. The average Bonchev–Trinajstić information content (AvgIpc) is 2.36. The largest absolute Gasteiger partial charge is 0.480 e. The van der Waals surface area contributed by atoms with E-state index < -0.39 is 17.6 Å². The van der Waals surface area contributed by atoms with Gasteiger partial charge in [-0.1, -0.05) is 20.8 Å². The molecule has 0 spiro atoms. The maximum absolute atomic E-state index is 12.4. The molecule has 1 aliphatic rings. The number of carboxylic acids is 1. The van der Waals surface area contributed by atoms with E-state index in [0.29, 0.717) is 31.7 Å². The predicted molar refractivity (Wildman–Crippen MR) is 69.0 cm³/mol. The normalized spacial score (nSPS) is 25.0. The second-order valence-corrected chi connectivity index (χ2v) is 5.35. The molecule has 0 saturated carbocycles. The van der Waals surface area contributed by atoms with Crippen molar-refractivity contribution in [3.8, 4) is 0 Å². The Balaban J connectivity index is 2.92. The van der Waals surface area contributed by atoms with Gasteiger partial charge in [0.25, 0.3) is 0 Å². The lowest BCUT2D eigenvalue weighted by atomic mass is 9.87. The molecule has 1 saturated heterocycles. The minimum Gasteiger partial charge on any atom is -0.480 e. The van der Waals surface area contributed by atoms with Gasteiger partial charge in [0.15, 0.2) is 0 Å². The van der Waals surface area contributed by atoms with Gasteiger partial charge < -0.3 is 15.7 Å². The minimum absolute atomic E-state index is 0.216. The third kappa shape index (κ3) is 2.83. The van der Waals surface area contributed by atoms with Crippen LogP contribution in [-0.2, 0) is 9.59 Å². The molecule has 0 radical (unpaired) electrons. The average molecular weight is 256 g/mol. The summed E-state index contributed by atoms with van der Waals surface area (Å²) in [7, 11) is 0. The van der Waals surface area contributed by atoms with Gasteiger partial charge in [-0.3, -0.25) is 4.79 Å². The van der Waals surface area contributed by atoms with Gasteiger partial charge in [0.2, 0.25) is 5.91 Å². The number of amides is 1. The highest BCUT2D eigenvalue weighted by atomic mass is 16.4. The molecule has 1 rings (SSSR count). The van der Waals surface area contributed by atoms with E-state index in [1.807, 2.05) is 20.8 Å². The molecule has 1 aliphatic heterocycles. The highest BCUT2D eigenvalue weighted by Crippen LogP contribution is 2.26. The van der Waals surface area contributed by atoms with Gasteiger partial charge in [0.05, 0.1) is 5.54 Å². The van der Waals surface area contributed by atoms with Crippen molar-refractivity contribution in [3.05, 3.63) is 0 Å². The number of hydrogen-bond donors (Lipinski definition) is 2. The summed E-state index contributed by atoms with van der Waals surface area (Å²) in [5.74, 6) is -0.804. The van der Waals surface area contributed by atoms with E-state index in [2.05, 4.69) is 0 Å². The van der Waals surface area contributed by atoms with Crippen LogP contribution in [0.4, 0.5) is 0 Å². The zero-order chi connectivity index (χ0) is 13.9. The van der Waals surface area contributed by atoms with Crippen LogP contribution in [0.2, 0.25) is 0 Å². The van der Waals surface area contributed by atoms with Crippen LogP contribution in [-0.4, -0.2) is 40.0 Å². The molecule has 1 amide bonds. The van der Waals surface area contributed by atoms with Gasteiger partial charge in [0, 0.05) is 6.54 Å². The lowest BCUT2D eigenvalue weighted by Gasteiger charge is -2.40. The van der Waals surface area contributed by atoms with Crippen molar-refractivity contribution >= 4 is 11.9 Å². The third-order valence-corrected chi connectivity index (χ3v) is 4.10. The standard InChI is InChI=1S/C13H24N2O3/c1-4-13(14,5-2)12(18)15-7-6-9(3)8-10(15)11(16)17/h9-10H,4-8,14H2,1-3H3,(H,16,17). The number of nitrogens with two attached hydrogens (primary N) is 1. The summed E-state index contributed by atoms with van der Waals surface area (Å²) in [5.41, 5.74) is 5.16. The molecule has 0 aromatic heterocycles. The van der Waals surface area contributed by atoms with E-state index in [9.17, 15) is 14.7 Å². The summed E-state index contributed by atoms with van der Waals surface area (Å²) in [4.78, 5) is 25.2. The summed E-state index contributed by atoms with van der Waals surface area (Å²) in [6.07, 6.45) is 2.42. The Morgan fingerprint density at radius 3 is 2.39 bits per heavy atom. The van der Waals surface area contributed by atoms with Crippen molar-refractivity contribution < 1.29 is 14.7 Å². The first-order valence-corrected chi connectivity index (χ1v) is 6.68. The highest BCUT2D eigenvalue weighted by Gasteiger charge is 2.41. The molecule has 0 bridgehead atoms. The van der Waals surface area contributed by atoms with Crippen molar-refractivity contribution in [2.75, 3.05) is 6.54 Å². The van der Waals surface area contributed by atoms with Gasteiger partial charge in [-0.2, -0.15) is 0 Å². The summed E-state index contributed by atoms with van der Waals surface area (Å²) >= 11 is 0. The van der Waals surface area contributed by atoms with Gasteiger partial charge in [-0.05, 0) is 31.6 Å². The molecule has 0 aromatic rings. The Labute approximate surface area is 108 Å². The molecular weight excluding hydrogens is 232 g/mol. The quantitative estimate of drug-likeness (QED) is 0.792. The van der Waals surface area contributed by atoms with E-state index in [-0.39, 0.29) is 5.91 Å². The van der Waals surface area contributed by atoms with Gasteiger partial charge in [-0.15, -0.1) is 0 Å². The van der Waals surface area contributed by atoms with E-state index in [1.54, 1.807) is 0 Å². The van der Waals surface area contributed by atoms with Gasteiger partial charge in [0.1, 0.15) is 6.04 Å². The number of hydrogen-bond acceptors (Lipinski definition) is 3. The fraction of sp³-hybridized carbons (Fsp3) is 0.846. The summed E-state index contributed by atoms with van der Waals surface area (Å²) in [6.45, 7) is 6.25. The van der Waals surface area contributed by atoms with Crippen molar-refractivity contribution in [1.82, 2.24) is 4.90 Å². The molecule has 1 heterocycles. The molecule has 1 fully saturated rings. The number of likely N-dealkylation sites (tertiary alicyclic amines) is 1. The first kappa shape index (κ1) is 15.0. The number of carbonyl (C=O) groups excluding carboxylic acids is 1. The minimum atomic E-state index is -0.926. The molecular formula is C13H24N2O3. The molecule has 3 N–H and O–H groups in total. The Hall–Kier alpha value is -1.10. The topological polar surface area (TPSA) is 83.6 Å². The number of carbonyl (C=O) groups is 2. The van der Waals surface area contributed by atoms with Crippen LogP contribution in [0.3, 0.4) is 0 Å². The molecule has 0 aromatic carbocycles. The van der Waals surface area contributed by atoms with E-state index in [1.165, 1.54) is 4.90 Å². The van der Waals surface area contributed by atoms with Crippen LogP contribution in [0.25, 0.3) is 0 Å². The molecule has 18 heavy (non-hydrogen) atoms. The van der Waals surface area contributed by atoms with Gasteiger partial charge in [-0.25, -0.2) is 4.79 Å². The lowest BCUT2D eigenvalue weighted by molar-refractivity contribution is -0.155. The molecule has 2 atom stereocenters. The van der Waals surface area contributed by atoms with Crippen LogP contribution < -0.4 is 5.73 Å². The van der Waals surface area contributed by atoms with Crippen LogP contribution in [0.5, 0.6) is 0 Å². The molecule has 104 valence electrons. The van der Waals surface area contributed by atoms with Crippen LogP contribution in [0, 0.1) is 5.92 Å². The van der Waals surface area contributed by atoms with Crippen molar-refractivity contribution in [3.63, 3.8) is 0 Å². The van der Waals surface area contributed by atoms with Crippen molar-refractivity contribution in [1.29, 1.82) is 0 Å². The lowest BCUT2D eigenvalue weighted by Crippen LogP contribution is -2.60. The SMILES string of the molecule is CCC(N)(CC)C(=O)N1CCC(C)CC1C(=O)O. The number of aliphatic carboxylic acids is 1. The van der Waals surface area contributed by atoms with E-state index in [4.69, 9.17) is 5.73 Å². The van der Waals surface area contributed by atoms with Crippen LogP contribution in [0.1, 0.15) is 46.5 Å². The first-order valence-electron chi connectivity index (χ1n) is 6.68. The summed E-state index contributed by atoms with van der Waals surface area (Å²) < 4.78 is 0. The molecule has 5 nitrogen and oxygen atoms in total. The zero-order valence-electron chi connectivity index (χ0n) is 11.5. The smallest absolute Gasteiger partial charge is 0.326 e. The first-order chi connectivity index (χ1) is 8.35. The maximum atomic E-state index is 12.4. The fourth-order valence-corrected chi connectivity index (χ4v) is 2.46. The Kier molecular flexibility index (Phi) is 4.73. The van der Waals surface area contributed by atoms with E-state index in [0.717, 1.165) is 6.42 Å². The van der Waals surface area contributed by atoms with Crippen LogP contribution in [0.15, 0.2) is 0 Å². The van der Waals surface area contributed by atoms with Crippen molar-refractivity contribution in [2.45, 2.75) is 58.0 Å². The molecule has 2 unspecified atom stereocenters. The highest BCUT2D eigenvalue weighted by molar-refractivity contribution is 5.90. The molecule has 5 heteroatoms. The number of piperidine rings is 1. The Morgan fingerprint density at radius 2 is 1.94 bits per heavy atom. The summed E-state index contributed by atoms with van der Waals surface area (Å²) in [6, 6.07) is -0.720. The zero-order valence-corrected chi connectivity index (χ0v) is 11.5. The third-order valence-electron chi connectivity index (χ3n) is 4.10. The number of rotatable bonds is 4. The second kappa shape index (κ2) is 5.69. The number of nitrogens with zero attached hydrogens (tertiary/aromatic N) is 1. The van der Waals surface area contributed by atoms with E-state index >= 15 is 0 Å². The van der Waals surface area contributed by atoms with Gasteiger partial charge >= 0.3 is 5.97 Å². The monoisotopic (exact) mass is 256 g/mol. The maximum Gasteiger partial charge on any atom is 0.326 e. The van der Waals surface area contributed by atoms with Crippen LogP contribution >= 0.6 is 0 Å². The summed E-state index contributed by atoms with van der Waals surface area (Å²) in [5, 5.41) is 9.25. The Morgan fingerprint density at radius 1 is 1.39 bits per heavy atom. The second-order valence-electron chi connectivity index (χ2n) is 5.35. The molecule has 0 aliphatic carbocycles. The van der Waals surface area contributed by atoms with Crippen molar-refractivity contribution in [2.24, 2.45) is 11.7 Å². The predicted octanol–water partition coefficient (Wildman–Crippen LogP) is 1.22.